The van der Waals surface area contributed by atoms with E-state index in [1.807, 2.05) is 30.3 Å². The number of rotatable bonds is 3. The van der Waals surface area contributed by atoms with E-state index >= 15 is 0 Å². The Hall–Kier alpha value is -0.820. The zero-order valence-corrected chi connectivity index (χ0v) is 9.23. The van der Waals surface area contributed by atoms with Gasteiger partial charge in [0.15, 0.2) is 0 Å². The first-order valence-corrected chi connectivity index (χ1v) is 6.09. The van der Waals surface area contributed by atoms with Crippen LogP contribution in [0.1, 0.15) is 50.2 Å². The molecule has 0 heterocycles. The first kappa shape index (κ1) is 10.7. The number of hydrogen-bond donors (Lipinski definition) is 1. The van der Waals surface area contributed by atoms with Gasteiger partial charge >= 0.3 is 0 Å². The molecule has 0 aliphatic heterocycles. The molecule has 1 atom stereocenters. The molecule has 0 spiro atoms. The van der Waals surface area contributed by atoms with E-state index in [0.717, 1.165) is 17.9 Å². The lowest BCUT2D eigenvalue weighted by molar-refractivity contribution is 0.131. The lowest BCUT2D eigenvalue weighted by Gasteiger charge is -2.24. The molecule has 0 bridgehead atoms. The van der Waals surface area contributed by atoms with Crippen LogP contribution in [0.25, 0.3) is 0 Å². The lowest BCUT2D eigenvalue weighted by atomic mass is 9.84. The zero-order valence-electron chi connectivity index (χ0n) is 9.23. The molecule has 1 fully saturated rings. The van der Waals surface area contributed by atoms with E-state index in [1.54, 1.807) is 0 Å². The van der Waals surface area contributed by atoms with Crippen LogP contribution in [0.4, 0.5) is 0 Å². The average molecular weight is 204 g/mol. The fraction of sp³-hybridized carbons (Fsp3) is 0.571. The normalized spacial score (nSPS) is 20.1. The van der Waals surface area contributed by atoms with Crippen LogP contribution < -0.4 is 0 Å². The van der Waals surface area contributed by atoms with Gasteiger partial charge in [0.2, 0.25) is 0 Å². The molecular weight excluding hydrogens is 184 g/mol. The quantitative estimate of drug-likeness (QED) is 0.796. The van der Waals surface area contributed by atoms with Gasteiger partial charge in [-0.2, -0.15) is 0 Å². The second-order valence-electron chi connectivity index (χ2n) is 4.67. The minimum absolute atomic E-state index is 0.255. The molecule has 1 heteroatoms. The van der Waals surface area contributed by atoms with Crippen LogP contribution in [-0.4, -0.2) is 5.11 Å². The highest BCUT2D eigenvalue weighted by Crippen LogP contribution is 2.31. The maximum Gasteiger partial charge on any atom is 0.0792 e. The molecule has 1 nitrogen and oxygen atoms in total. The summed E-state index contributed by atoms with van der Waals surface area (Å²) in [7, 11) is 0. The van der Waals surface area contributed by atoms with Crippen LogP contribution in [0.3, 0.4) is 0 Å². The summed E-state index contributed by atoms with van der Waals surface area (Å²) >= 11 is 0. The molecule has 82 valence electrons. The molecule has 1 N–H and O–H groups in total. The Labute approximate surface area is 92.1 Å². The molecule has 1 aromatic rings. The molecule has 2 rings (SSSR count). The van der Waals surface area contributed by atoms with Crippen LogP contribution in [0.2, 0.25) is 0 Å². The van der Waals surface area contributed by atoms with Gasteiger partial charge in [0, 0.05) is 0 Å². The van der Waals surface area contributed by atoms with Gasteiger partial charge in [-0.1, -0.05) is 62.4 Å². The van der Waals surface area contributed by atoms with E-state index in [9.17, 15) is 5.11 Å². The number of aliphatic hydroxyl groups excluding tert-OH is 1. The molecule has 0 radical (unpaired) electrons. The molecule has 0 unspecified atom stereocenters. The Morgan fingerprint density at radius 2 is 1.73 bits per heavy atom. The largest absolute Gasteiger partial charge is 0.388 e. The van der Waals surface area contributed by atoms with Crippen molar-refractivity contribution in [2.24, 2.45) is 5.92 Å². The van der Waals surface area contributed by atoms with Crippen LogP contribution >= 0.6 is 0 Å². The summed E-state index contributed by atoms with van der Waals surface area (Å²) in [6.07, 6.45) is 7.41. The maximum absolute atomic E-state index is 10.1. The number of benzene rings is 1. The predicted octanol–water partition coefficient (Wildman–Crippen LogP) is 3.69. The van der Waals surface area contributed by atoms with Crippen molar-refractivity contribution in [1.29, 1.82) is 0 Å². The fourth-order valence-electron chi connectivity index (χ4n) is 2.55. The Kier molecular flexibility index (Phi) is 3.79. The first-order valence-electron chi connectivity index (χ1n) is 6.09. The second-order valence-corrected chi connectivity index (χ2v) is 4.67. The Balaban J connectivity index is 1.88. The van der Waals surface area contributed by atoms with E-state index < -0.39 is 0 Å². The van der Waals surface area contributed by atoms with Crippen molar-refractivity contribution in [1.82, 2.24) is 0 Å². The molecule has 15 heavy (non-hydrogen) atoms. The molecular formula is C14H20O. The minimum Gasteiger partial charge on any atom is -0.388 e. The van der Waals surface area contributed by atoms with Gasteiger partial charge in [0.05, 0.1) is 6.10 Å². The summed E-state index contributed by atoms with van der Waals surface area (Å²) in [6.45, 7) is 0. The Morgan fingerprint density at radius 3 is 2.40 bits per heavy atom. The van der Waals surface area contributed by atoms with Crippen LogP contribution in [0.5, 0.6) is 0 Å². The smallest absolute Gasteiger partial charge is 0.0792 e. The molecule has 1 aliphatic carbocycles. The topological polar surface area (TPSA) is 20.2 Å². The van der Waals surface area contributed by atoms with Crippen molar-refractivity contribution in [3.05, 3.63) is 35.9 Å². The van der Waals surface area contributed by atoms with E-state index in [4.69, 9.17) is 0 Å². The van der Waals surface area contributed by atoms with Gasteiger partial charge in [-0.25, -0.2) is 0 Å². The monoisotopic (exact) mass is 204 g/mol. The van der Waals surface area contributed by atoms with Gasteiger partial charge in [0.1, 0.15) is 0 Å². The van der Waals surface area contributed by atoms with Gasteiger partial charge in [-0.15, -0.1) is 0 Å². The van der Waals surface area contributed by atoms with Crippen LogP contribution in [0, 0.1) is 5.92 Å². The van der Waals surface area contributed by atoms with E-state index in [1.165, 1.54) is 32.1 Å². The number of hydrogen-bond acceptors (Lipinski definition) is 1. The summed E-state index contributed by atoms with van der Waals surface area (Å²) < 4.78 is 0. The predicted molar refractivity (Wildman–Crippen MR) is 62.6 cm³/mol. The molecule has 1 saturated carbocycles. The van der Waals surface area contributed by atoms with Gasteiger partial charge in [-0.3, -0.25) is 0 Å². The molecule has 0 saturated heterocycles. The highest BCUT2D eigenvalue weighted by atomic mass is 16.3. The number of aliphatic hydroxyl groups is 1. The lowest BCUT2D eigenvalue weighted by Crippen LogP contribution is -2.11. The molecule has 1 aliphatic rings. The van der Waals surface area contributed by atoms with E-state index in [2.05, 4.69) is 0 Å². The minimum atomic E-state index is -0.255. The van der Waals surface area contributed by atoms with Gasteiger partial charge < -0.3 is 5.11 Å². The standard InChI is InChI=1S/C14H20O/c15-14(13-9-5-2-6-10-13)11-12-7-3-1-4-8-12/h2,5-6,9-10,12,14-15H,1,3-4,7-8,11H2/t14-/m0/s1. The Bertz CT molecular complexity index is 275. The third-order valence-electron chi connectivity index (χ3n) is 3.47. The molecule has 0 amide bonds. The summed E-state index contributed by atoms with van der Waals surface area (Å²) in [5.41, 5.74) is 1.07. The van der Waals surface area contributed by atoms with E-state index in [-0.39, 0.29) is 6.10 Å². The van der Waals surface area contributed by atoms with Crippen molar-refractivity contribution in [2.75, 3.05) is 0 Å². The first-order chi connectivity index (χ1) is 7.36. The summed E-state index contributed by atoms with van der Waals surface area (Å²) in [5, 5.41) is 10.1. The SMILES string of the molecule is O[C@@H](CC1CCCCC1)c1ccccc1. The van der Waals surface area contributed by atoms with Gasteiger partial charge in [-0.05, 0) is 17.9 Å². The van der Waals surface area contributed by atoms with E-state index in [0.29, 0.717) is 0 Å². The van der Waals surface area contributed by atoms with Gasteiger partial charge in [0.25, 0.3) is 0 Å². The summed E-state index contributed by atoms with van der Waals surface area (Å²) in [4.78, 5) is 0. The average Bonchev–Trinajstić information content (AvgIpc) is 2.31. The third-order valence-corrected chi connectivity index (χ3v) is 3.47. The molecule has 0 aromatic heterocycles. The maximum atomic E-state index is 10.1. The van der Waals surface area contributed by atoms with Crippen molar-refractivity contribution >= 4 is 0 Å². The van der Waals surface area contributed by atoms with Crippen molar-refractivity contribution in [2.45, 2.75) is 44.6 Å². The summed E-state index contributed by atoms with van der Waals surface area (Å²) in [5.74, 6) is 0.744. The highest BCUT2D eigenvalue weighted by Gasteiger charge is 2.18. The van der Waals surface area contributed by atoms with Crippen molar-refractivity contribution in [3.8, 4) is 0 Å². The van der Waals surface area contributed by atoms with Crippen LogP contribution in [-0.2, 0) is 0 Å². The zero-order chi connectivity index (χ0) is 10.5. The highest BCUT2D eigenvalue weighted by molar-refractivity contribution is 5.17. The third kappa shape index (κ3) is 3.07. The Morgan fingerprint density at radius 1 is 1.07 bits per heavy atom. The molecule has 1 aromatic carbocycles. The van der Waals surface area contributed by atoms with Crippen molar-refractivity contribution in [3.63, 3.8) is 0 Å². The fourth-order valence-corrected chi connectivity index (χ4v) is 2.55. The second kappa shape index (κ2) is 5.32. The summed E-state index contributed by atoms with van der Waals surface area (Å²) in [6, 6.07) is 10.0. The van der Waals surface area contributed by atoms with Crippen LogP contribution in [0.15, 0.2) is 30.3 Å². The van der Waals surface area contributed by atoms with Crippen molar-refractivity contribution < 1.29 is 5.11 Å².